The van der Waals surface area contributed by atoms with Crippen LogP contribution < -0.4 is 9.80 Å². The third-order valence-electron chi connectivity index (χ3n) is 10.9. The first-order valence-electron chi connectivity index (χ1n) is 19.8. The van der Waals surface area contributed by atoms with Crippen molar-refractivity contribution in [1.82, 2.24) is 0 Å². The van der Waals surface area contributed by atoms with E-state index in [0.29, 0.717) is 0 Å². The van der Waals surface area contributed by atoms with Gasteiger partial charge in [-0.25, -0.2) is 0 Å². The first-order chi connectivity index (χ1) is 27.7. The molecule has 1 heterocycles. The van der Waals surface area contributed by atoms with Gasteiger partial charge in [-0.2, -0.15) is 0 Å². The van der Waals surface area contributed by atoms with Gasteiger partial charge >= 0.3 is 0 Å². The number of fused-ring (bicyclic) bond motifs is 3. The van der Waals surface area contributed by atoms with E-state index in [4.69, 9.17) is 4.42 Å². The lowest BCUT2D eigenvalue weighted by atomic mass is 9.84. The molecule has 9 aromatic rings. The zero-order valence-corrected chi connectivity index (χ0v) is 33.2. The second-order valence-corrected chi connectivity index (χ2v) is 16.0. The Kier molecular flexibility index (Phi) is 9.22. The maximum atomic E-state index is 6.52. The molecule has 0 radical (unpaired) electrons. The fourth-order valence-electron chi connectivity index (χ4n) is 7.83. The summed E-state index contributed by atoms with van der Waals surface area (Å²) in [4.78, 5) is 4.85. The highest BCUT2D eigenvalue weighted by molar-refractivity contribution is 6.07. The number of hydrogen-bond donors (Lipinski definition) is 0. The summed E-state index contributed by atoms with van der Waals surface area (Å²) in [6, 6.07) is 68.0. The first kappa shape index (κ1) is 35.8. The van der Waals surface area contributed by atoms with Gasteiger partial charge in [0.15, 0.2) is 0 Å². The molecule has 0 spiro atoms. The largest absolute Gasteiger partial charge is 0.456 e. The van der Waals surface area contributed by atoms with Gasteiger partial charge in [0.2, 0.25) is 0 Å². The van der Waals surface area contributed by atoms with Gasteiger partial charge in [-0.3, -0.25) is 0 Å². The molecule has 0 saturated heterocycles. The smallest absolute Gasteiger partial charge is 0.137 e. The van der Waals surface area contributed by atoms with Gasteiger partial charge in [-0.05, 0) is 108 Å². The first-order valence-corrected chi connectivity index (χ1v) is 19.8. The van der Waals surface area contributed by atoms with Gasteiger partial charge in [0.25, 0.3) is 0 Å². The van der Waals surface area contributed by atoms with E-state index < -0.39 is 0 Å². The number of benzene rings is 8. The Morgan fingerprint density at radius 2 is 0.825 bits per heavy atom. The molecule has 0 N–H and O–H groups in total. The number of nitrogens with zero attached hydrogens (tertiary/aromatic N) is 2. The number of furan rings is 1. The van der Waals surface area contributed by atoms with E-state index in [1.807, 2.05) is 12.1 Å². The summed E-state index contributed by atoms with van der Waals surface area (Å²) < 4.78 is 6.52. The zero-order valence-electron chi connectivity index (χ0n) is 33.2. The minimum Gasteiger partial charge on any atom is -0.456 e. The lowest BCUT2D eigenvalue weighted by Crippen LogP contribution is -2.19. The second kappa shape index (κ2) is 14.7. The standard InChI is InChI=1S/C54H46N2O/c1-37-20-26-43(27-21-37)55(45-30-24-40(25-31-45)39-14-8-6-9-15-39)49-34-42(54(3,4)5)35-50(53(49)41-16-10-7-11-17-41)56(44-28-22-38(2)23-29-44)46-32-33-48-47-18-12-13-19-51(47)57-52(48)36-46/h6-36H,1-5H3. The van der Waals surface area contributed by atoms with Crippen LogP contribution in [0, 0.1) is 13.8 Å². The molecule has 0 fully saturated rings. The van der Waals surface area contributed by atoms with Gasteiger partial charge in [-0.1, -0.05) is 147 Å². The molecule has 0 unspecified atom stereocenters. The zero-order chi connectivity index (χ0) is 39.1. The number of aryl methyl sites for hydroxylation is 2. The number of rotatable bonds is 8. The lowest BCUT2D eigenvalue weighted by Gasteiger charge is -2.35. The third kappa shape index (κ3) is 6.98. The van der Waals surface area contributed by atoms with E-state index >= 15 is 0 Å². The van der Waals surface area contributed by atoms with Gasteiger partial charge < -0.3 is 14.2 Å². The molecule has 3 nitrogen and oxygen atoms in total. The normalized spacial score (nSPS) is 11.6. The van der Waals surface area contributed by atoms with Crippen molar-refractivity contribution in [3.63, 3.8) is 0 Å². The molecule has 278 valence electrons. The van der Waals surface area contributed by atoms with Gasteiger partial charge in [0, 0.05) is 45.2 Å². The summed E-state index contributed by atoms with van der Waals surface area (Å²) in [6.45, 7) is 11.2. The van der Waals surface area contributed by atoms with Gasteiger partial charge in [0.05, 0.1) is 11.4 Å². The maximum absolute atomic E-state index is 6.52. The Morgan fingerprint density at radius 1 is 0.386 bits per heavy atom. The molecule has 0 amide bonds. The molecule has 57 heavy (non-hydrogen) atoms. The van der Waals surface area contributed by atoms with Crippen molar-refractivity contribution >= 4 is 56.1 Å². The number of hydrogen-bond acceptors (Lipinski definition) is 3. The van der Waals surface area contributed by atoms with Crippen LogP contribution in [0.4, 0.5) is 34.1 Å². The molecular formula is C54H46N2O. The SMILES string of the molecule is Cc1ccc(N(c2ccc(-c3ccccc3)cc2)c2cc(C(C)(C)C)cc(N(c3ccc(C)cc3)c3ccc4c(c3)oc3ccccc34)c2-c2ccccc2)cc1. The molecule has 0 atom stereocenters. The van der Waals surface area contributed by atoms with Crippen LogP contribution in [0.5, 0.6) is 0 Å². The summed E-state index contributed by atoms with van der Waals surface area (Å²) in [7, 11) is 0. The molecule has 0 aliphatic carbocycles. The third-order valence-corrected chi connectivity index (χ3v) is 10.9. The molecule has 0 aliphatic rings. The van der Waals surface area contributed by atoms with Crippen LogP contribution in [0.3, 0.4) is 0 Å². The molecule has 3 heteroatoms. The fraction of sp³-hybridized carbons (Fsp3) is 0.111. The van der Waals surface area contributed by atoms with Crippen LogP contribution in [0.25, 0.3) is 44.2 Å². The number of anilines is 6. The Balaban J connectivity index is 1.36. The quantitative estimate of drug-likeness (QED) is 0.155. The monoisotopic (exact) mass is 738 g/mol. The molecule has 0 aliphatic heterocycles. The van der Waals surface area contributed by atoms with Crippen LogP contribution in [0.1, 0.15) is 37.5 Å². The van der Waals surface area contributed by atoms with Gasteiger partial charge in [0.1, 0.15) is 11.2 Å². The highest BCUT2D eigenvalue weighted by Gasteiger charge is 2.28. The van der Waals surface area contributed by atoms with E-state index in [2.05, 4.69) is 220 Å². The predicted octanol–water partition coefficient (Wildman–Crippen LogP) is 15.8. The maximum Gasteiger partial charge on any atom is 0.137 e. The van der Waals surface area contributed by atoms with Crippen LogP contribution in [0.2, 0.25) is 0 Å². The lowest BCUT2D eigenvalue weighted by molar-refractivity contribution is 0.590. The highest BCUT2D eigenvalue weighted by Crippen LogP contribution is 2.51. The number of para-hydroxylation sites is 1. The van der Waals surface area contributed by atoms with Crippen molar-refractivity contribution < 1.29 is 4.42 Å². The Hall–Kier alpha value is -6.84. The second-order valence-electron chi connectivity index (χ2n) is 16.0. The molecule has 1 aromatic heterocycles. The van der Waals surface area contributed by atoms with Crippen LogP contribution in [-0.4, -0.2) is 0 Å². The van der Waals surface area contributed by atoms with Crippen molar-refractivity contribution in [3.8, 4) is 22.3 Å². The van der Waals surface area contributed by atoms with E-state index in [0.717, 1.165) is 67.2 Å². The van der Waals surface area contributed by atoms with E-state index in [1.54, 1.807) is 0 Å². The molecule has 9 rings (SSSR count). The predicted molar refractivity (Wildman–Crippen MR) is 242 cm³/mol. The van der Waals surface area contributed by atoms with E-state index in [9.17, 15) is 0 Å². The average Bonchev–Trinajstić information content (AvgIpc) is 3.61. The Bertz CT molecular complexity index is 2810. The van der Waals surface area contributed by atoms with Crippen molar-refractivity contribution in [2.75, 3.05) is 9.80 Å². The van der Waals surface area contributed by atoms with Crippen molar-refractivity contribution in [2.45, 2.75) is 40.0 Å². The van der Waals surface area contributed by atoms with Gasteiger partial charge in [-0.15, -0.1) is 0 Å². The molecule has 0 saturated carbocycles. The Labute approximate surface area is 336 Å². The molecule has 0 bridgehead atoms. The van der Waals surface area contributed by atoms with Crippen molar-refractivity contribution in [1.29, 1.82) is 0 Å². The topological polar surface area (TPSA) is 19.6 Å². The van der Waals surface area contributed by atoms with Crippen molar-refractivity contribution in [2.24, 2.45) is 0 Å². The van der Waals surface area contributed by atoms with E-state index in [-0.39, 0.29) is 5.41 Å². The van der Waals surface area contributed by atoms with Crippen molar-refractivity contribution in [3.05, 3.63) is 205 Å². The summed E-state index contributed by atoms with van der Waals surface area (Å²) in [5, 5.41) is 2.23. The summed E-state index contributed by atoms with van der Waals surface area (Å²) in [5.74, 6) is 0. The van der Waals surface area contributed by atoms with Crippen LogP contribution in [0.15, 0.2) is 192 Å². The minimum absolute atomic E-state index is 0.170. The summed E-state index contributed by atoms with van der Waals surface area (Å²) in [6.07, 6.45) is 0. The van der Waals surface area contributed by atoms with Crippen LogP contribution in [-0.2, 0) is 5.41 Å². The molecule has 8 aromatic carbocycles. The summed E-state index contributed by atoms with van der Waals surface area (Å²) in [5.41, 5.74) is 16.3. The summed E-state index contributed by atoms with van der Waals surface area (Å²) >= 11 is 0. The minimum atomic E-state index is -0.170. The van der Waals surface area contributed by atoms with E-state index in [1.165, 1.54) is 27.8 Å². The van der Waals surface area contributed by atoms with Crippen LogP contribution >= 0.6 is 0 Å². The Morgan fingerprint density at radius 3 is 1.39 bits per heavy atom. The highest BCUT2D eigenvalue weighted by atomic mass is 16.3. The average molecular weight is 739 g/mol. The molecular weight excluding hydrogens is 693 g/mol. The fourth-order valence-corrected chi connectivity index (χ4v) is 7.83.